The number of hydrogen-bond donors (Lipinski definition) is 0. The predicted molar refractivity (Wildman–Crippen MR) is 61.3 cm³/mol. The predicted octanol–water partition coefficient (Wildman–Crippen LogP) is 4.41. The van der Waals surface area contributed by atoms with Crippen molar-refractivity contribution in [2.75, 3.05) is 0 Å². The van der Waals surface area contributed by atoms with Crippen LogP contribution in [0.2, 0.25) is 0 Å². The van der Waals surface area contributed by atoms with Crippen molar-refractivity contribution in [1.29, 1.82) is 0 Å². The van der Waals surface area contributed by atoms with Crippen molar-refractivity contribution >= 4 is 21.5 Å². The van der Waals surface area contributed by atoms with Crippen LogP contribution in [0.5, 0.6) is 0 Å². The highest BCUT2D eigenvalue weighted by atomic mass is 19.2. The van der Waals surface area contributed by atoms with E-state index in [0.717, 1.165) is 6.07 Å². The van der Waals surface area contributed by atoms with Crippen LogP contribution in [0.25, 0.3) is 21.5 Å². The lowest BCUT2D eigenvalue weighted by molar-refractivity contribution is 0.525. The molecular weight excluding hydrogens is 225 g/mol. The Morgan fingerprint density at radius 1 is 0.588 bits per heavy atom. The van der Waals surface area contributed by atoms with E-state index in [4.69, 9.17) is 0 Å². The molecule has 0 amide bonds. The summed E-state index contributed by atoms with van der Waals surface area (Å²) >= 11 is 0. The fourth-order valence-corrected chi connectivity index (χ4v) is 2.08. The lowest BCUT2D eigenvalue weighted by Gasteiger charge is -2.07. The highest BCUT2D eigenvalue weighted by Gasteiger charge is 2.13. The Morgan fingerprint density at radius 3 is 1.88 bits per heavy atom. The third kappa shape index (κ3) is 1.39. The second-order valence-corrected chi connectivity index (χ2v) is 3.86. The third-order valence-electron chi connectivity index (χ3n) is 2.86. The van der Waals surface area contributed by atoms with Gasteiger partial charge in [0, 0.05) is 10.8 Å². The molecule has 3 aromatic rings. The summed E-state index contributed by atoms with van der Waals surface area (Å²) in [7, 11) is 0. The van der Waals surface area contributed by atoms with Crippen molar-refractivity contribution in [2.24, 2.45) is 0 Å². The molecular formula is C14H7F3. The number of benzene rings is 3. The smallest absolute Gasteiger partial charge is 0.167 e. The molecule has 0 saturated carbocycles. The van der Waals surface area contributed by atoms with Crippen LogP contribution in [0.3, 0.4) is 0 Å². The summed E-state index contributed by atoms with van der Waals surface area (Å²) in [6, 6.07) is 10.1. The average molecular weight is 232 g/mol. The van der Waals surface area contributed by atoms with E-state index in [1.165, 1.54) is 18.2 Å². The van der Waals surface area contributed by atoms with Crippen molar-refractivity contribution < 1.29 is 13.2 Å². The first-order valence-corrected chi connectivity index (χ1v) is 5.13. The molecule has 3 rings (SSSR count). The van der Waals surface area contributed by atoms with Gasteiger partial charge in [-0.05, 0) is 29.0 Å². The molecule has 0 aromatic heterocycles. The Morgan fingerprint density at radius 2 is 1.18 bits per heavy atom. The van der Waals surface area contributed by atoms with Crippen molar-refractivity contribution in [3.8, 4) is 0 Å². The normalized spacial score (nSPS) is 11.2. The van der Waals surface area contributed by atoms with E-state index < -0.39 is 17.5 Å². The zero-order chi connectivity index (χ0) is 12.0. The van der Waals surface area contributed by atoms with Gasteiger partial charge in [-0.2, -0.15) is 0 Å². The van der Waals surface area contributed by atoms with E-state index >= 15 is 0 Å². The van der Waals surface area contributed by atoms with E-state index in [0.29, 0.717) is 10.8 Å². The first-order valence-electron chi connectivity index (χ1n) is 5.13. The quantitative estimate of drug-likeness (QED) is 0.503. The Hall–Kier alpha value is -2.03. The molecule has 0 N–H and O–H groups in total. The minimum absolute atomic E-state index is 0.0996. The lowest BCUT2D eigenvalue weighted by atomic mass is 10.0. The molecule has 0 bridgehead atoms. The van der Waals surface area contributed by atoms with E-state index in [1.54, 1.807) is 18.2 Å². The van der Waals surface area contributed by atoms with Gasteiger partial charge in [-0.15, -0.1) is 0 Å². The van der Waals surface area contributed by atoms with Crippen molar-refractivity contribution in [3.05, 3.63) is 59.9 Å². The van der Waals surface area contributed by atoms with Crippen molar-refractivity contribution in [3.63, 3.8) is 0 Å². The van der Waals surface area contributed by atoms with Crippen LogP contribution >= 0.6 is 0 Å². The van der Waals surface area contributed by atoms with Gasteiger partial charge in [0.05, 0.1) is 0 Å². The molecule has 0 saturated heterocycles. The topological polar surface area (TPSA) is 0 Å². The summed E-state index contributed by atoms with van der Waals surface area (Å²) < 4.78 is 40.7. The summed E-state index contributed by atoms with van der Waals surface area (Å²) in [6.45, 7) is 0. The maximum absolute atomic E-state index is 13.8. The second-order valence-electron chi connectivity index (χ2n) is 3.86. The summed E-state index contributed by atoms with van der Waals surface area (Å²) in [5.41, 5.74) is 0. The number of halogens is 3. The van der Waals surface area contributed by atoms with Crippen LogP contribution in [0.1, 0.15) is 0 Å². The standard InChI is InChI=1S/C14H7F3/c15-8-5-6-11-12(7-8)9-3-1-2-4-10(9)13(16)14(11)17/h1-7H. The molecule has 0 nitrogen and oxygen atoms in total. The summed E-state index contributed by atoms with van der Waals surface area (Å²) in [5, 5.41) is 1.17. The van der Waals surface area contributed by atoms with Crippen LogP contribution in [0.15, 0.2) is 42.5 Å². The van der Waals surface area contributed by atoms with Crippen LogP contribution in [0.4, 0.5) is 13.2 Å². The van der Waals surface area contributed by atoms with E-state index in [2.05, 4.69) is 0 Å². The fraction of sp³-hybridized carbons (Fsp3) is 0. The molecule has 0 unspecified atom stereocenters. The van der Waals surface area contributed by atoms with Gasteiger partial charge in [-0.1, -0.05) is 24.3 Å². The molecule has 0 atom stereocenters. The van der Waals surface area contributed by atoms with Crippen LogP contribution in [-0.2, 0) is 0 Å². The van der Waals surface area contributed by atoms with Gasteiger partial charge >= 0.3 is 0 Å². The molecule has 0 heterocycles. The fourth-order valence-electron chi connectivity index (χ4n) is 2.08. The Balaban J connectivity index is 2.66. The molecule has 0 aliphatic heterocycles. The number of hydrogen-bond acceptors (Lipinski definition) is 0. The largest absolute Gasteiger partial charge is 0.207 e. The molecule has 3 aromatic carbocycles. The molecule has 3 heteroatoms. The van der Waals surface area contributed by atoms with Gasteiger partial charge in [0.25, 0.3) is 0 Å². The van der Waals surface area contributed by atoms with E-state index in [-0.39, 0.29) is 10.8 Å². The molecule has 0 spiro atoms. The molecule has 0 aliphatic carbocycles. The molecule has 0 radical (unpaired) electrons. The highest BCUT2D eigenvalue weighted by Crippen LogP contribution is 2.31. The van der Waals surface area contributed by atoms with Gasteiger partial charge in [0.2, 0.25) is 0 Å². The molecule has 0 aliphatic rings. The van der Waals surface area contributed by atoms with E-state index in [9.17, 15) is 13.2 Å². The van der Waals surface area contributed by atoms with Crippen LogP contribution in [-0.4, -0.2) is 0 Å². The molecule has 84 valence electrons. The highest BCUT2D eigenvalue weighted by molar-refractivity contribution is 6.07. The average Bonchev–Trinajstić information content (AvgIpc) is 2.36. The zero-order valence-corrected chi connectivity index (χ0v) is 8.68. The maximum Gasteiger partial charge on any atom is 0.167 e. The monoisotopic (exact) mass is 232 g/mol. The van der Waals surface area contributed by atoms with Crippen LogP contribution in [0, 0.1) is 17.5 Å². The Kier molecular flexibility index (Phi) is 2.08. The third-order valence-corrected chi connectivity index (χ3v) is 2.86. The first-order chi connectivity index (χ1) is 8.18. The number of fused-ring (bicyclic) bond motifs is 3. The Bertz CT molecular complexity index is 732. The van der Waals surface area contributed by atoms with Gasteiger partial charge in [0.15, 0.2) is 11.6 Å². The number of rotatable bonds is 0. The van der Waals surface area contributed by atoms with Crippen molar-refractivity contribution in [1.82, 2.24) is 0 Å². The second kappa shape index (κ2) is 3.48. The minimum Gasteiger partial charge on any atom is -0.207 e. The van der Waals surface area contributed by atoms with Gasteiger partial charge in [-0.3, -0.25) is 0 Å². The Labute approximate surface area is 95.3 Å². The summed E-state index contributed by atoms with van der Waals surface area (Å²) in [4.78, 5) is 0. The lowest BCUT2D eigenvalue weighted by Crippen LogP contribution is -1.90. The molecule has 0 fully saturated rings. The SMILES string of the molecule is Fc1ccc2c(F)c(F)c3ccccc3c2c1. The van der Waals surface area contributed by atoms with E-state index in [1.807, 2.05) is 0 Å². The van der Waals surface area contributed by atoms with Crippen LogP contribution < -0.4 is 0 Å². The van der Waals surface area contributed by atoms with Gasteiger partial charge < -0.3 is 0 Å². The summed E-state index contributed by atoms with van der Waals surface area (Å²) in [6.07, 6.45) is 0. The summed E-state index contributed by atoms with van der Waals surface area (Å²) in [5.74, 6) is -2.29. The maximum atomic E-state index is 13.8. The zero-order valence-electron chi connectivity index (χ0n) is 8.68. The molecule has 17 heavy (non-hydrogen) atoms. The van der Waals surface area contributed by atoms with Gasteiger partial charge in [0.1, 0.15) is 5.82 Å². The minimum atomic E-state index is -0.932. The van der Waals surface area contributed by atoms with Gasteiger partial charge in [-0.25, -0.2) is 13.2 Å². The van der Waals surface area contributed by atoms with Crippen molar-refractivity contribution in [2.45, 2.75) is 0 Å². The first kappa shape index (κ1) is 10.1.